The summed E-state index contributed by atoms with van der Waals surface area (Å²) in [5, 5.41) is 10.9. The van der Waals surface area contributed by atoms with Gasteiger partial charge in [-0.05, 0) is 46.8 Å². The van der Waals surface area contributed by atoms with Crippen LogP contribution in [0.25, 0.3) is 0 Å². The zero-order valence-electron chi connectivity index (χ0n) is 21.0. The van der Waals surface area contributed by atoms with E-state index in [-0.39, 0.29) is 29.4 Å². The Morgan fingerprint density at radius 2 is 1.59 bits per heavy atom. The van der Waals surface area contributed by atoms with Gasteiger partial charge in [0.2, 0.25) is 0 Å². The molecule has 0 saturated heterocycles. The number of aryl methyl sites for hydroxylation is 1. The molecule has 0 aliphatic rings. The van der Waals surface area contributed by atoms with Crippen LogP contribution in [-0.4, -0.2) is 37.6 Å². The highest BCUT2D eigenvalue weighted by Gasteiger charge is 2.30. The second-order valence-electron chi connectivity index (χ2n) is 10.2. The van der Waals surface area contributed by atoms with Crippen molar-refractivity contribution in [2.75, 3.05) is 20.4 Å². The van der Waals surface area contributed by atoms with Gasteiger partial charge in [0.05, 0.1) is 6.16 Å². The van der Waals surface area contributed by atoms with Crippen LogP contribution in [0.4, 0.5) is 0 Å². The van der Waals surface area contributed by atoms with Crippen LogP contribution >= 0.6 is 7.60 Å². The fourth-order valence-electron chi connectivity index (χ4n) is 3.43. The van der Waals surface area contributed by atoms with Crippen molar-refractivity contribution in [3.8, 4) is 5.75 Å². The third-order valence-corrected chi connectivity index (χ3v) is 7.34. The maximum atomic E-state index is 12.7. The van der Waals surface area contributed by atoms with Gasteiger partial charge in [-0.2, -0.15) is 0 Å². The molecular weight excluding hydrogens is 427 g/mol. The highest BCUT2D eigenvalue weighted by atomic mass is 31.2. The molecule has 7 heteroatoms. The average molecular weight is 469 g/mol. The minimum absolute atomic E-state index is 0.0177. The Balaban J connectivity index is 3.22. The van der Waals surface area contributed by atoms with Crippen LogP contribution in [0.1, 0.15) is 77.5 Å². The molecule has 32 heavy (non-hydrogen) atoms. The molecule has 0 aliphatic carbocycles. The number of aromatic hydroxyl groups is 1. The van der Waals surface area contributed by atoms with Gasteiger partial charge in [0.1, 0.15) is 11.9 Å². The lowest BCUT2D eigenvalue weighted by Gasteiger charge is -2.28. The molecule has 0 spiro atoms. The number of esters is 1. The Hall–Kier alpha value is -1.62. The molecule has 0 heterocycles. The van der Waals surface area contributed by atoms with E-state index in [0.717, 1.165) is 16.7 Å². The Labute approximate surface area is 193 Å². The first kappa shape index (κ1) is 28.4. The molecular formula is C25H41O6P. The van der Waals surface area contributed by atoms with Crippen molar-refractivity contribution < 1.29 is 28.3 Å². The summed E-state index contributed by atoms with van der Waals surface area (Å²) in [6.07, 6.45) is 2.78. The normalized spacial score (nSPS) is 13.6. The number of allylic oxidation sites excluding steroid dienone is 1. The van der Waals surface area contributed by atoms with E-state index in [0.29, 0.717) is 25.0 Å². The van der Waals surface area contributed by atoms with Gasteiger partial charge in [0, 0.05) is 20.6 Å². The van der Waals surface area contributed by atoms with Crippen molar-refractivity contribution in [1.29, 1.82) is 0 Å². The van der Waals surface area contributed by atoms with E-state index in [4.69, 9.17) is 13.8 Å². The van der Waals surface area contributed by atoms with E-state index in [1.807, 2.05) is 12.1 Å². The number of hydrogen-bond donors (Lipinski definition) is 1. The van der Waals surface area contributed by atoms with Crippen molar-refractivity contribution in [1.82, 2.24) is 0 Å². The third-order valence-electron chi connectivity index (χ3n) is 5.38. The van der Waals surface area contributed by atoms with Crippen LogP contribution in [-0.2, 0) is 40.4 Å². The second kappa shape index (κ2) is 11.5. The monoisotopic (exact) mass is 468 g/mol. The van der Waals surface area contributed by atoms with Crippen molar-refractivity contribution in [3.63, 3.8) is 0 Å². The van der Waals surface area contributed by atoms with Crippen molar-refractivity contribution in [3.05, 3.63) is 41.5 Å². The minimum atomic E-state index is -3.36. The number of carbonyl (C=O) groups excluding carboxylic acids is 1. The van der Waals surface area contributed by atoms with E-state index in [2.05, 4.69) is 48.1 Å². The highest BCUT2D eigenvalue weighted by molar-refractivity contribution is 7.53. The lowest BCUT2D eigenvalue weighted by atomic mass is 9.78. The molecule has 0 fully saturated rings. The predicted molar refractivity (Wildman–Crippen MR) is 130 cm³/mol. The number of phenolic OH excluding ortho intramolecular Hbond substituents is 1. The van der Waals surface area contributed by atoms with Gasteiger partial charge < -0.3 is 18.9 Å². The number of hydrogen-bond acceptors (Lipinski definition) is 6. The van der Waals surface area contributed by atoms with Crippen LogP contribution in [0.2, 0.25) is 0 Å². The van der Waals surface area contributed by atoms with E-state index >= 15 is 0 Å². The van der Waals surface area contributed by atoms with Gasteiger partial charge >= 0.3 is 13.6 Å². The van der Waals surface area contributed by atoms with E-state index in [9.17, 15) is 14.5 Å². The molecule has 6 nitrogen and oxygen atoms in total. The zero-order chi connectivity index (χ0) is 24.7. The summed E-state index contributed by atoms with van der Waals surface area (Å²) in [5.41, 5.74) is 2.30. The van der Waals surface area contributed by atoms with Crippen LogP contribution in [0.5, 0.6) is 5.75 Å². The van der Waals surface area contributed by atoms with E-state index in [1.165, 1.54) is 14.2 Å². The first-order chi connectivity index (χ1) is 14.7. The minimum Gasteiger partial charge on any atom is -0.507 e. The Bertz CT molecular complexity index is 789. The molecule has 0 amide bonds. The summed E-state index contributed by atoms with van der Waals surface area (Å²) in [6, 6.07) is 4.01. The van der Waals surface area contributed by atoms with Crippen LogP contribution < -0.4 is 0 Å². The smallest absolute Gasteiger partial charge is 0.333 e. The first-order valence-corrected chi connectivity index (χ1v) is 12.8. The van der Waals surface area contributed by atoms with Gasteiger partial charge in [-0.3, -0.25) is 9.36 Å². The standard InChI is InChI=1S/C25H41O6P/c1-10-11-12-22(26)31-19(17-32(28,29-8)30-9)14-13-18-15-20(24(2,3)4)23(27)21(16-18)25(5,6)7/h10,15-16,19,27H,1,11-14,17H2,2-9H3. The molecule has 1 N–H and O–H groups in total. The summed E-state index contributed by atoms with van der Waals surface area (Å²) in [5.74, 6) is -0.0467. The molecule has 0 saturated carbocycles. The second-order valence-corrected chi connectivity index (χ2v) is 12.5. The van der Waals surface area contributed by atoms with Crippen molar-refractivity contribution in [2.24, 2.45) is 0 Å². The van der Waals surface area contributed by atoms with Crippen molar-refractivity contribution in [2.45, 2.75) is 84.2 Å². The molecule has 0 radical (unpaired) electrons. The number of benzene rings is 1. The molecule has 0 bridgehead atoms. The van der Waals surface area contributed by atoms with Gasteiger partial charge in [-0.15, -0.1) is 6.58 Å². The summed E-state index contributed by atoms with van der Waals surface area (Å²) in [4.78, 5) is 12.2. The molecule has 1 aromatic rings. The predicted octanol–water partition coefficient (Wildman–Crippen LogP) is 6.28. The van der Waals surface area contributed by atoms with Crippen LogP contribution in [0, 0.1) is 0 Å². The Morgan fingerprint density at radius 1 is 1.09 bits per heavy atom. The van der Waals surface area contributed by atoms with E-state index < -0.39 is 13.7 Å². The number of ether oxygens (including phenoxy) is 1. The molecule has 182 valence electrons. The fraction of sp³-hybridized carbons (Fsp3) is 0.640. The average Bonchev–Trinajstić information content (AvgIpc) is 2.69. The summed E-state index contributed by atoms with van der Waals surface area (Å²) < 4.78 is 28.5. The van der Waals surface area contributed by atoms with Gasteiger partial charge in [-0.1, -0.05) is 59.8 Å². The summed E-state index contributed by atoms with van der Waals surface area (Å²) >= 11 is 0. The Kier molecular flexibility index (Phi) is 10.2. The maximum absolute atomic E-state index is 12.7. The van der Waals surface area contributed by atoms with Gasteiger partial charge in [0.25, 0.3) is 0 Å². The lowest BCUT2D eigenvalue weighted by Crippen LogP contribution is -2.24. The van der Waals surface area contributed by atoms with Crippen LogP contribution in [0.15, 0.2) is 24.8 Å². The summed E-state index contributed by atoms with van der Waals surface area (Å²) in [7, 11) is -0.707. The van der Waals surface area contributed by atoms with Crippen LogP contribution in [0.3, 0.4) is 0 Å². The molecule has 1 aromatic carbocycles. The Morgan fingerprint density at radius 3 is 2.00 bits per heavy atom. The van der Waals surface area contributed by atoms with Gasteiger partial charge in [-0.25, -0.2) is 0 Å². The third kappa shape index (κ3) is 8.38. The van der Waals surface area contributed by atoms with Gasteiger partial charge in [0.15, 0.2) is 0 Å². The highest BCUT2D eigenvalue weighted by Crippen LogP contribution is 2.48. The summed E-state index contributed by atoms with van der Waals surface area (Å²) in [6.45, 7) is 16.0. The maximum Gasteiger partial charge on any atom is 0.333 e. The zero-order valence-corrected chi connectivity index (χ0v) is 21.9. The molecule has 0 aromatic heterocycles. The quantitative estimate of drug-likeness (QED) is 0.234. The lowest BCUT2D eigenvalue weighted by molar-refractivity contribution is -0.148. The SMILES string of the molecule is C=CCCC(=O)OC(CCc1cc(C(C)(C)C)c(O)c(C(C)(C)C)c1)CP(=O)(OC)OC. The molecule has 1 unspecified atom stereocenters. The number of phenols is 1. The topological polar surface area (TPSA) is 82.1 Å². The molecule has 1 atom stereocenters. The molecule has 0 aliphatic heterocycles. The number of rotatable bonds is 11. The van der Waals surface area contributed by atoms with Crippen molar-refractivity contribution >= 4 is 13.6 Å². The fourth-order valence-corrected chi connectivity index (χ4v) is 4.64. The largest absolute Gasteiger partial charge is 0.507 e. The molecule has 1 rings (SSSR count). The first-order valence-electron chi connectivity index (χ1n) is 11.0. The number of carbonyl (C=O) groups is 1. The van der Waals surface area contributed by atoms with E-state index in [1.54, 1.807) is 6.08 Å².